The summed E-state index contributed by atoms with van der Waals surface area (Å²) in [5, 5.41) is 0. The molecule has 1 amide bonds. The molecule has 0 saturated heterocycles. The molecule has 1 unspecified atom stereocenters. The van der Waals surface area contributed by atoms with Crippen molar-refractivity contribution in [3.05, 3.63) is 65.2 Å². The highest BCUT2D eigenvalue weighted by molar-refractivity contribution is 5.96. The predicted octanol–water partition coefficient (Wildman–Crippen LogP) is 2.97. The van der Waals surface area contributed by atoms with Crippen LogP contribution in [0.5, 0.6) is 0 Å². The average molecular weight is 280 g/mol. The van der Waals surface area contributed by atoms with Crippen molar-refractivity contribution in [1.82, 2.24) is 0 Å². The number of carbonyl (C=O) groups is 1. The molecule has 0 fully saturated rings. The van der Waals surface area contributed by atoms with E-state index in [2.05, 4.69) is 25.1 Å². The van der Waals surface area contributed by atoms with E-state index in [9.17, 15) is 4.79 Å². The number of para-hydroxylation sites is 1. The van der Waals surface area contributed by atoms with Crippen LogP contribution >= 0.6 is 0 Å². The van der Waals surface area contributed by atoms with Gasteiger partial charge in [-0.05, 0) is 30.5 Å². The highest BCUT2D eigenvalue weighted by Gasteiger charge is 2.25. The molecule has 108 valence electrons. The number of nitrogens with zero attached hydrogens (tertiary/aromatic N) is 1. The minimum absolute atomic E-state index is 0.163. The zero-order chi connectivity index (χ0) is 14.8. The number of aryl methyl sites for hydroxylation is 2. The molecule has 2 aromatic carbocycles. The molecule has 1 aliphatic rings. The third kappa shape index (κ3) is 2.83. The van der Waals surface area contributed by atoms with E-state index < -0.39 is 0 Å². The van der Waals surface area contributed by atoms with Gasteiger partial charge < -0.3 is 10.6 Å². The van der Waals surface area contributed by atoms with Crippen molar-refractivity contribution < 1.29 is 4.79 Å². The average Bonchev–Trinajstić information content (AvgIpc) is 2.51. The van der Waals surface area contributed by atoms with Gasteiger partial charge in [-0.15, -0.1) is 0 Å². The zero-order valence-corrected chi connectivity index (χ0v) is 12.3. The van der Waals surface area contributed by atoms with E-state index in [4.69, 9.17) is 5.73 Å². The lowest BCUT2D eigenvalue weighted by atomic mass is 9.99. The first kappa shape index (κ1) is 13.8. The summed E-state index contributed by atoms with van der Waals surface area (Å²) in [4.78, 5) is 14.1. The fourth-order valence-corrected chi connectivity index (χ4v) is 2.81. The Labute approximate surface area is 125 Å². The lowest BCUT2D eigenvalue weighted by Gasteiger charge is -2.31. The Bertz CT molecular complexity index is 649. The van der Waals surface area contributed by atoms with E-state index in [-0.39, 0.29) is 11.9 Å². The van der Waals surface area contributed by atoms with Gasteiger partial charge in [0.25, 0.3) is 0 Å². The molecule has 3 heteroatoms. The molecule has 2 aromatic rings. The second-order valence-electron chi connectivity index (χ2n) is 5.65. The van der Waals surface area contributed by atoms with E-state index >= 15 is 0 Å². The molecule has 21 heavy (non-hydrogen) atoms. The molecule has 1 heterocycles. The summed E-state index contributed by atoms with van der Waals surface area (Å²) < 4.78 is 0. The predicted molar refractivity (Wildman–Crippen MR) is 85.2 cm³/mol. The highest BCUT2D eigenvalue weighted by atomic mass is 16.2. The van der Waals surface area contributed by atoms with Gasteiger partial charge in [0.2, 0.25) is 5.91 Å². The fourth-order valence-electron chi connectivity index (χ4n) is 2.81. The van der Waals surface area contributed by atoms with E-state index in [0.29, 0.717) is 13.0 Å². The van der Waals surface area contributed by atoms with Crippen LogP contribution in [-0.2, 0) is 11.2 Å². The zero-order valence-electron chi connectivity index (χ0n) is 12.3. The maximum Gasteiger partial charge on any atom is 0.227 e. The summed E-state index contributed by atoms with van der Waals surface area (Å²) in [6.07, 6.45) is 1.39. The molecular formula is C18H20N2O. The molecule has 3 rings (SSSR count). The summed E-state index contributed by atoms with van der Waals surface area (Å²) >= 11 is 0. The largest absolute Gasteiger partial charge is 0.322 e. The minimum Gasteiger partial charge on any atom is -0.322 e. The number of hydrogen-bond acceptors (Lipinski definition) is 2. The van der Waals surface area contributed by atoms with Crippen LogP contribution in [0.3, 0.4) is 0 Å². The molecule has 0 spiro atoms. The van der Waals surface area contributed by atoms with Gasteiger partial charge in [0.15, 0.2) is 0 Å². The molecule has 2 N–H and O–H groups in total. The van der Waals surface area contributed by atoms with Gasteiger partial charge >= 0.3 is 0 Å². The lowest BCUT2D eigenvalue weighted by molar-refractivity contribution is -0.119. The van der Waals surface area contributed by atoms with E-state index in [1.807, 2.05) is 35.2 Å². The summed E-state index contributed by atoms with van der Waals surface area (Å²) in [6.45, 7) is 2.58. The fraction of sp³-hybridized carbons (Fsp3) is 0.278. The number of nitrogens with two attached hydrogens (primary N) is 1. The van der Waals surface area contributed by atoms with Crippen LogP contribution in [0, 0.1) is 6.92 Å². The van der Waals surface area contributed by atoms with Gasteiger partial charge in [-0.3, -0.25) is 4.79 Å². The quantitative estimate of drug-likeness (QED) is 0.939. The molecule has 1 atom stereocenters. The maximum atomic E-state index is 12.2. The number of anilines is 1. The summed E-state index contributed by atoms with van der Waals surface area (Å²) in [5.41, 5.74) is 10.8. The molecule has 3 nitrogen and oxygen atoms in total. The normalized spacial score (nSPS) is 15.7. The maximum absolute atomic E-state index is 12.2. The van der Waals surface area contributed by atoms with Gasteiger partial charge in [0.05, 0.1) is 0 Å². The van der Waals surface area contributed by atoms with Crippen LogP contribution in [-0.4, -0.2) is 12.5 Å². The Morgan fingerprint density at radius 1 is 1.10 bits per heavy atom. The van der Waals surface area contributed by atoms with Gasteiger partial charge in [-0.2, -0.15) is 0 Å². The standard InChI is InChI=1S/C18H20N2O/c1-13-6-8-14(9-7-13)16(19)12-20-17-5-3-2-4-15(17)10-11-18(20)21/h2-9,16H,10-12,19H2,1H3. The number of amides is 1. The molecule has 0 saturated carbocycles. The molecule has 0 aromatic heterocycles. The summed E-state index contributed by atoms with van der Waals surface area (Å²) in [7, 11) is 0. The second-order valence-corrected chi connectivity index (χ2v) is 5.65. The Balaban J connectivity index is 1.83. The van der Waals surface area contributed by atoms with Crippen LogP contribution in [0.25, 0.3) is 0 Å². The topological polar surface area (TPSA) is 46.3 Å². The first-order valence-corrected chi connectivity index (χ1v) is 7.35. The van der Waals surface area contributed by atoms with Crippen molar-refractivity contribution in [2.45, 2.75) is 25.8 Å². The monoisotopic (exact) mass is 280 g/mol. The molecule has 1 aliphatic heterocycles. The van der Waals surface area contributed by atoms with Crippen LogP contribution in [0.2, 0.25) is 0 Å². The van der Waals surface area contributed by atoms with Crippen molar-refractivity contribution in [3.8, 4) is 0 Å². The number of benzene rings is 2. The van der Waals surface area contributed by atoms with Gasteiger partial charge in [0, 0.05) is 24.7 Å². The number of carbonyl (C=O) groups excluding carboxylic acids is 1. The first-order chi connectivity index (χ1) is 10.1. The third-order valence-corrected chi connectivity index (χ3v) is 4.08. The SMILES string of the molecule is Cc1ccc(C(N)CN2C(=O)CCc3ccccc32)cc1. The van der Waals surface area contributed by atoms with Crippen molar-refractivity contribution in [2.24, 2.45) is 5.73 Å². The second kappa shape index (κ2) is 5.70. The molecule has 0 radical (unpaired) electrons. The van der Waals surface area contributed by atoms with E-state index in [1.165, 1.54) is 11.1 Å². The Morgan fingerprint density at radius 2 is 1.81 bits per heavy atom. The number of fused-ring (bicyclic) bond motifs is 1. The van der Waals surface area contributed by atoms with Gasteiger partial charge in [-0.25, -0.2) is 0 Å². The lowest BCUT2D eigenvalue weighted by Crippen LogP contribution is -2.40. The Morgan fingerprint density at radius 3 is 2.57 bits per heavy atom. The number of rotatable bonds is 3. The number of hydrogen-bond donors (Lipinski definition) is 1. The van der Waals surface area contributed by atoms with Crippen LogP contribution in [0.15, 0.2) is 48.5 Å². The van der Waals surface area contributed by atoms with Crippen molar-refractivity contribution in [2.75, 3.05) is 11.4 Å². The third-order valence-electron chi connectivity index (χ3n) is 4.08. The minimum atomic E-state index is -0.166. The van der Waals surface area contributed by atoms with E-state index in [0.717, 1.165) is 17.7 Å². The summed E-state index contributed by atoms with van der Waals surface area (Å²) in [5.74, 6) is 0.163. The Hall–Kier alpha value is -2.13. The van der Waals surface area contributed by atoms with Gasteiger partial charge in [0.1, 0.15) is 0 Å². The highest BCUT2D eigenvalue weighted by Crippen LogP contribution is 2.28. The summed E-state index contributed by atoms with van der Waals surface area (Å²) in [6, 6.07) is 16.1. The van der Waals surface area contributed by atoms with Crippen LogP contribution in [0.1, 0.15) is 29.2 Å². The van der Waals surface area contributed by atoms with Crippen molar-refractivity contribution >= 4 is 11.6 Å². The van der Waals surface area contributed by atoms with Crippen molar-refractivity contribution in [1.29, 1.82) is 0 Å². The molecule has 0 bridgehead atoms. The Kier molecular flexibility index (Phi) is 3.76. The van der Waals surface area contributed by atoms with E-state index in [1.54, 1.807) is 0 Å². The smallest absolute Gasteiger partial charge is 0.227 e. The van der Waals surface area contributed by atoms with Crippen LogP contribution in [0.4, 0.5) is 5.69 Å². The molecule has 0 aliphatic carbocycles. The van der Waals surface area contributed by atoms with Crippen LogP contribution < -0.4 is 10.6 Å². The first-order valence-electron chi connectivity index (χ1n) is 7.35. The van der Waals surface area contributed by atoms with Crippen molar-refractivity contribution in [3.63, 3.8) is 0 Å². The molecular weight excluding hydrogens is 260 g/mol. The van der Waals surface area contributed by atoms with Gasteiger partial charge in [-0.1, -0.05) is 48.0 Å².